The molecule has 0 spiro atoms. The van der Waals surface area contributed by atoms with Crippen LogP contribution in [0.4, 0.5) is 5.82 Å². The van der Waals surface area contributed by atoms with E-state index in [9.17, 15) is 0 Å². The third-order valence-corrected chi connectivity index (χ3v) is 3.77. The summed E-state index contributed by atoms with van der Waals surface area (Å²) in [6.07, 6.45) is 7.28. The molecule has 1 aliphatic rings. The third-order valence-electron chi connectivity index (χ3n) is 3.77. The minimum Gasteiger partial charge on any atom is -0.384 e. The lowest BCUT2D eigenvalue weighted by Crippen LogP contribution is -2.35. The van der Waals surface area contributed by atoms with Crippen molar-refractivity contribution < 1.29 is 4.74 Å². The standard InChI is InChI=1S/C15H26N4O/c1-3-6-16-9-14-10-18-15(11-17-14)19-7-4-13(5-8-19)12-20-2/h10-11,13,16H,3-9,12H2,1-2H3. The zero-order valence-electron chi connectivity index (χ0n) is 12.6. The maximum Gasteiger partial charge on any atom is 0.147 e. The molecule has 1 fully saturated rings. The van der Waals surface area contributed by atoms with Crippen LogP contribution in [-0.4, -0.2) is 43.3 Å². The van der Waals surface area contributed by atoms with Crippen molar-refractivity contribution in [1.82, 2.24) is 15.3 Å². The molecule has 1 saturated heterocycles. The van der Waals surface area contributed by atoms with E-state index < -0.39 is 0 Å². The van der Waals surface area contributed by atoms with Crippen molar-refractivity contribution in [2.75, 3.05) is 38.3 Å². The first kappa shape index (κ1) is 15.2. The minimum atomic E-state index is 0.696. The van der Waals surface area contributed by atoms with E-state index in [1.807, 2.05) is 12.4 Å². The lowest BCUT2D eigenvalue weighted by molar-refractivity contribution is 0.139. The molecule has 0 aliphatic carbocycles. The monoisotopic (exact) mass is 278 g/mol. The van der Waals surface area contributed by atoms with Crippen LogP contribution in [-0.2, 0) is 11.3 Å². The molecule has 1 aromatic heterocycles. The van der Waals surface area contributed by atoms with E-state index in [0.29, 0.717) is 5.92 Å². The van der Waals surface area contributed by atoms with Gasteiger partial charge in [-0.15, -0.1) is 0 Å². The van der Waals surface area contributed by atoms with Crippen LogP contribution in [0.2, 0.25) is 0 Å². The Kier molecular flexibility index (Phi) is 6.21. The molecular formula is C15H26N4O. The summed E-state index contributed by atoms with van der Waals surface area (Å²) in [5, 5.41) is 3.34. The molecule has 1 aromatic rings. The van der Waals surface area contributed by atoms with Crippen LogP contribution in [0.3, 0.4) is 0 Å². The number of nitrogens with one attached hydrogen (secondary N) is 1. The summed E-state index contributed by atoms with van der Waals surface area (Å²) >= 11 is 0. The zero-order chi connectivity index (χ0) is 14.2. The van der Waals surface area contributed by atoms with E-state index in [2.05, 4.69) is 27.1 Å². The minimum absolute atomic E-state index is 0.696. The van der Waals surface area contributed by atoms with E-state index in [-0.39, 0.29) is 0 Å². The molecule has 5 heteroatoms. The Bertz CT molecular complexity index is 374. The van der Waals surface area contributed by atoms with E-state index in [1.54, 1.807) is 7.11 Å². The topological polar surface area (TPSA) is 50.3 Å². The first-order valence-electron chi connectivity index (χ1n) is 7.59. The number of ether oxygens (including phenoxy) is 1. The van der Waals surface area contributed by atoms with Crippen LogP contribution >= 0.6 is 0 Å². The van der Waals surface area contributed by atoms with Gasteiger partial charge in [-0.1, -0.05) is 6.92 Å². The van der Waals surface area contributed by atoms with E-state index in [1.165, 1.54) is 12.8 Å². The second kappa shape index (κ2) is 8.17. The van der Waals surface area contributed by atoms with Gasteiger partial charge in [0.05, 0.1) is 18.1 Å². The highest BCUT2D eigenvalue weighted by Crippen LogP contribution is 2.21. The van der Waals surface area contributed by atoms with Crippen molar-refractivity contribution in [3.8, 4) is 0 Å². The van der Waals surface area contributed by atoms with Crippen molar-refractivity contribution in [2.24, 2.45) is 5.92 Å². The smallest absolute Gasteiger partial charge is 0.147 e. The van der Waals surface area contributed by atoms with Crippen LogP contribution < -0.4 is 10.2 Å². The van der Waals surface area contributed by atoms with E-state index in [4.69, 9.17) is 4.74 Å². The highest BCUT2D eigenvalue weighted by atomic mass is 16.5. The van der Waals surface area contributed by atoms with E-state index >= 15 is 0 Å². The highest BCUT2D eigenvalue weighted by molar-refractivity contribution is 5.36. The summed E-state index contributed by atoms with van der Waals surface area (Å²) in [7, 11) is 1.78. The molecule has 1 aliphatic heterocycles. The SMILES string of the molecule is CCCNCc1cnc(N2CCC(COC)CC2)cn1. The quantitative estimate of drug-likeness (QED) is 0.771. The van der Waals surface area contributed by atoms with Gasteiger partial charge in [0, 0.05) is 33.4 Å². The molecule has 0 radical (unpaired) electrons. The summed E-state index contributed by atoms with van der Waals surface area (Å²) in [5.41, 5.74) is 1.01. The van der Waals surface area contributed by atoms with E-state index in [0.717, 1.165) is 50.7 Å². The molecule has 0 saturated carbocycles. The summed E-state index contributed by atoms with van der Waals surface area (Å²) in [4.78, 5) is 11.4. The van der Waals surface area contributed by atoms with Crippen molar-refractivity contribution >= 4 is 5.82 Å². The molecule has 0 bridgehead atoms. The molecule has 0 unspecified atom stereocenters. The molecular weight excluding hydrogens is 252 g/mol. The van der Waals surface area contributed by atoms with Crippen LogP contribution in [0.25, 0.3) is 0 Å². The van der Waals surface area contributed by atoms with Crippen LogP contribution in [0, 0.1) is 5.92 Å². The maximum atomic E-state index is 5.23. The number of nitrogens with zero attached hydrogens (tertiary/aromatic N) is 3. The number of hydrogen-bond acceptors (Lipinski definition) is 5. The van der Waals surface area contributed by atoms with Gasteiger partial charge in [0.25, 0.3) is 0 Å². The third kappa shape index (κ3) is 4.42. The van der Waals surface area contributed by atoms with Gasteiger partial charge in [-0.2, -0.15) is 0 Å². The molecule has 0 amide bonds. The molecule has 2 rings (SSSR count). The number of hydrogen-bond donors (Lipinski definition) is 1. The fraction of sp³-hybridized carbons (Fsp3) is 0.733. The Morgan fingerprint density at radius 1 is 1.30 bits per heavy atom. The fourth-order valence-corrected chi connectivity index (χ4v) is 2.56. The van der Waals surface area contributed by atoms with Crippen molar-refractivity contribution in [3.05, 3.63) is 18.1 Å². The van der Waals surface area contributed by atoms with Crippen LogP contribution in [0.15, 0.2) is 12.4 Å². The van der Waals surface area contributed by atoms with Gasteiger partial charge < -0.3 is 15.0 Å². The Morgan fingerprint density at radius 3 is 2.70 bits per heavy atom. The Morgan fingerprint density at radius 2 is 2.10 bits per heavy atom. The first-order valence-corrected chi connectivity index (χ1v) is 7.59. The molecule has 5 nitrogen and oxygen atoms in total. The van der Waals surface area contributed by atoms with Gasteiger partial charge in [-0.05, 0) is 31.7 Å². The molecule has 112 valence electrons. The lowest BCUT2D eigenvalue weighted by atomic mass is 9.98. The normalized spacial score (nSPS) is 16.6. The average Bonchev–Trinajstić information content (AvgIpc) is 2.49. The fourth-order valence-electron chi connectivity index (χ4n) is 2.56. The predicted molar refractivity (Wildman–Crippen MR) is 80.8 cm³/mol. The number of anilines is 1. The Labute approximate surface area is 121 Å². The largest absolute Gasteiger partial charge is 0.384 e. The lowest BCUT2D eigenvalue weighted by Gasteiger charge is -2.32. The van der Waals surface area contributed by atoms with Gasteiger partial charge in [0.1, 0.15) is 5.82 Å². The highest BCUT2D eigenvalue weighted by Gasteiger charge is 2.20. The number of aromatic nitrogens is 2. The van der Waals surface area contributed by atoms with Gasteiger partial charge in [-0.25, -0.2) is 4.98 Å². The van der Waals surface area contributed by atoms with Crippen molar-refractivity contribution in [2.45, 2.75) is 32.7 Å². The maximum absolute atomic E-state index is 5.23. The van der Waals surface area contributed by atoms with Crippen molar-refractivity contribution in [1.29, 1.82) is 0 Å². The molecule has 0 aromatic carbocycles. The Balaban J connectivity index is 1.81. The van der Waals surface area contributed by atoms with Crippen molar-refractivity contribution in [3.63, 3.8) is 0 Å². The zero-order valence-corrected chi connectivity index (χ0v) is 12.6. The van der Waals surface area contributed by atoms with Gasteiger partial charge in [0.2, 0.25) is 0 Å². The number of piperidine rings is 1. The number of methoxy groups -OCH3 is 1. The molecule has 1 N–H and O–H groups in total. The summed E-state index contributed by atoms with van der Waals surface area (Å²) in [6, 6.07) is 0. The molecule has 0 atom stereocenters. The first-order chi connectivity index (χ1) is 9.83. The van der Waals surface area contributed by atoms with Gasteiger partial charge in [0.15, 0.2) is 0 Å². The second-order valence-electron chi connectivity index (χ2n) is 5.43. The Hall–Kier alpha value is -1.20. The van der Waals surface area contributed by atoms with Crippen LogP contribution in [0.5, 0.6) is 0 Å². The summed E-state index contributed by atoms with van der Waals surface area (Å²) in [5.74, 6) is 1.70. The number of rotatable bonds is 7. The molecule has 20 heavy (non-hydrogen) atoms. The predicted octanol–water partition coefficient (Wildman–Crippen LogP) is 1.84. The molecule has 2 heterocycles. The average molecular weight is 278 g/mol. The van der Waals surface area contributed by atoms with Crippen LogP contribution in [0.1, 0.15) is 31.9 Å². The second-order valence-corrected chi connectivity index (χ2v) is 5.43. The van der Waals surface area contributed by atoms with Gasteiger partial charge >= 0.3 is 0 Å². The summed E-state index contributed by atoms with van der Waals surface area (Å²) in [6.45, 7) is 6.97. The van der Waals surface area contributed by atoms with Gasteiger partial charge in [-0.3, -0.25) is 4.98 Å². The summed E-state index contributed by atoms with van der Waals surface area (Å²) < 4.78 is 5.23.